The van der Waals surface area contributed by atoms with E-state index in [0.29, 0.717) is 0 Å². The fraction of sp³-hybridized carbons (Fsp3) is 0. The topological polar surface area (TPSA) is 0 Å². The highest BCUT2D eigenvalue weighted by Crippen LogP contribution is 2.42. The van der Waals surface area contributed by atoms with Crippen LogP contribution in [0.5, 0.6) is 0 Å². The summed E-state index contributed by atoms with van der Waals surface area (Å²) in [6.07, 6.45) is 0. The second kappa shape index (κ2) is 9.22. The molecule has 0 heteroatoms. The molecule has 0 atom stereocenters. The van der Waals surface area contributed by atoms with E-state index in [1.807, 2.05) is 0 Å². The minimum absolute atomic E-state index is 1.24. The first kappa shape index (κ1) is 22.8. The van der Waals surface area contributed by atoms with E-state index in [4.69, 9.17) is 0 Å². The summed E-state index contributed by atoms with van der Waals surface area (Å²) in [5.74, 6) is 0. The van der Waals surface area contributed by atoms with Gasteiger partial charge in [0.15, 0.2) is 0 Å². The van der Waals surface area contributed by atoms with Gasteiger partial charge in [0.05, 0.1) is 0 Å². The lowest BCUT2D eigenvalue weighted by Gasteiger charge is -2.17. The monoisotopic (exact) mass is 506 g/mol. The first-order chi connectivity index (χ1) is 19.8. The van der Waals surface area contributed by atoms with Crippen LogP contribution in [-0.4, -0.2) is 0 Å². The van der Waals surface area contributed by atoms with Gasteiger partial charge in [-0.2, -0.15) is 0 Å². The summed E-state index contributed by atoms with van der Waals surface area (Å²) in [4.78, 5) is 0. The van der Waals surface area contributed by atoms with Gasteiger partial charge in [0.2, 0.25) is 0 Å². The first-order valence-corrected chi connectivity index (χ1v) is 13.9. The van der Waals surface area contributed by atoms with Crippen LogP contribution in [0.2, 0.25) is 0 Å². The van der Waals surface area contributed by atoms with E-state index in [-0.39, 0.29) is 0 Å². The molecule has 0 amide bonds. The van der Waals surface area contributed by atoms with E-state index in [9.17, 15) is 0 Å². The summed E-state index contributed by atoms with van der Waals surface area (Å²) in [5, 5.41) is 10.2. The Morgan fingerprint density at radius 2 is 0.725 bits per heavy atom. The minimum atomic E-state index is 1.24. The Morgan fingerprint density at radius 3 is 1.43 bits per heavy atom. The van der Waals surface area contributed by atoms with Crippen molar-refractivity contribution in [3.05, 3.63) is 158 Å². The number of benzene rings is 8. The lowest BCUT2D eigenvalue weighted by molar-refractivity contribution is 1.65. The molecule has 0 nitrogen and oxygen atoms in total. The number of hydrogen-bond acceptors (Lipinski definition) is 0. The van der Waals surface area contributed by atoms with Crippen LogP contribution >= 0.6 is 0 Å². The lowest BCUT2D eigenvalue weighted by atomic mass is 9.86. The van der Waals surface area contributed by atoms with Crippen LogP contribution in [0.15, 0.2) is 158 Å². The van der Waals surface area contributed by atoms with Crippen LogP contribution in [-0.2, 0) is 0 Å². The van der Waals surface area contributed by atoms with Gasteiger partial charge in [-0.05, 0) is 101 Å². The van der Waals surface area contributed by atoms with Gasteiger partial charge in [-0.15, -0.1) is 0 Å². The number of rotatable bonds is 3. The van der Waals surface area contributed by atoms with Gasteiger partial charge < -0.3 is 0 Å². The Labute approximate surface area is 233 Å². The predicted molar refractivity (Wildman–Crippen MR) is 173 cm³/mol. The van der Waals surface area contributed by atoms with Crippen molar-refractivity contribution in [1.29, 1.82) is 0 Å². The molecule has 0 aromatic heterocycles. The molecule has 0 spiro atoms. The van der Waals surface area contributed by atoms with Gasteiger partial charge >= 0.3 is 0 Å². The molecule has 0 heterocycles. The largest absolute Gasteiger partial charge is 0.0622 e. The van der Waals surface area contributed by atoms with Crippen LogP contribution < -0.4 is 0 Å². The van der Waals surface area contributed by atoms with Gasteiger partial charge in [-0.25, -0.2) is 0 Å². The highest BCUT2D eigenvalue weighted by atomic mass is 14.2. The van der Waals surface area contributed by atoms with Crippen molar-refractivity contribution in [1.82, 2.24) is 0 Å². The van der Waals surface area contributed by atoms with Crippen molar-refractivity contribution in [2.45, 2.75) is 0 Å². The lowest BCUT2D eigenvalue weighted by Crippen LogP contribution is -1.90. The minimum Gasteiger partial charge on any atom is -0.0622 e. The molecule has 0 aliphatic heterocycles. The van der Waals surface area contributed by atoms with Gasteiger partial charge in [0.25, 0.3) is 0 Å². The van der Waals surface area contributed by atoms with E-state index < -0.39 is 0 Å². The third-order valence-corrected chi connectivity index (χ3v) is 8.23. The summed E-state index contributed by atoms with van der Waals surface area (Å²) >= 11 is 0. The molecular formula is C40H26. The molecule has 0 saturated carbocycles. The molecule has 8 aromatic rings. The van der Waals surface area contributed by atoms with Crippen LogP contribution in [0, 0.1) is 0 Å². The molecule has 0 bridgehead atoms. The molecule has 40 heavy (non-hydrogen) atoms. The van der Waals surface area contributed by atoms with Gasteiger partial charge in [-0.3, -0.25) is 0 Å². The zero-order chi connectivity index (χ0) is 26.5. The third kappa shape index (κ3) is 3.69. The maximum Gasteiger partial charge on any atom is -0.00923 e. The van der Waals surface area contributed by atoms with Crippen molar-refractivity contribution in [3.63, 3.8) is 0 Å². The quantitative estimate of drug-likeness (QED) is 0.209. The van der Waals surface area contributed by atoms with Crippen LogP contribution in [0.3, 0.4) is 0 Å². The van der Waals surface area contributed by atoms with Gasteiger partial charge in [0.1, 0.15) is 0 Å². The Bertz CT molecular complexity index is 2190. The van der Waals surface area contributed by atoms with E-state index in [2.05, 4.69) is 158 Å². The second-order valence-corrected chi connectivity index (χ2v) is 10.5. The average molecular weight is 507 g/mol. The molecule has 0 N–H and O–H groups in total. The molecule has 0 radical (unpaired) electrons. The maximum atomic E-state index is 2.41. The fourth-order valence-electron chi connectivity index (χ4n) is 6.26. The number of fused-ring (bicyclic) bond motifs is 6. The predicted octanol–water partition coefficient (Wildman–Crippen LogP) is 11.3. The number of hydrogen-bond donors (Lipinski definition) is 0. The fourth-order valence-corrected chi connectivity index (χ4v) is 6.26. The Morgan fingerprint density at radius 1 is 0.225 bits per heavy atom. The normalized spacial score (nSPS) is 11.5. The summed E-state index contributed by atoms with van der Waals surface area (Å²) in [7, 11) is 0. The van der Waals surface area contributed by atoms with E-state index in [1.165, 1.54) is 76.5 Å². The van der Waals surface area contributed by atoms with Crippen molar-refractivity contribution in [2.24, 2.45) is 0 Å². The molecule has 0 unspecified atom stereocenters. The van der Waals surface area contributed by atoms with Gasteiger partial charge in [0, 0.05) is 0 Å². The smallest absolute Gasteiger partial charge is 0.00923 e. The van der Waals surface area contributed by atoms with Crippen molar-refractivity contribution in [3.8, 4) is 33.4 Å². The van der Waals surface area contributed by atoms with Crippen molar-refractivity contribution >= 4 is 43.1 Å². The first-order valence-electron chi connectivity index (χ1n) is 13.9. The van der Waals surface area contributed by atoms with Crippen molar-refractivity contribution < 1.29 is 0 Å². The standard InChI is InChI=1S/C40H26/c1-3-12-28(13-4-1)36-25-40-35-22-21-32(31-20-19-27-11-7-8-16-30(27)23-31)24-38(35)37(29-14-5-2-6-15-29)26-39(40)34-18-10-9-17-33(34)36/h1-26H. The summed E-state index contributed by atoms with van der Waals surface area (Å²) < 4.78 is 0. The molecule has 0 saturated heterocycles. The molecule has 0 fully saturated rings. The Hall–Kier alpha value is -5.20. The van der Waals surface area contributed by atoms with E-state index in [0.717, 1.165) is 0 Å². The third-order valence-electron chi connectivity index (χ3n) is 8.23. The molecule has 186 valence electrons. The summed E-state index contributed by atoms with van der Waals surface area (Å²) in [6, 6.07) is 57.6. The second-order valence-electron chi connectivity index (χ2n) is 10.5. The molecule has 0 aliphatic carbocycles. The van der Waals surface area contributed by atoms with Crippen LogP contribution in [0.1, 0.15) is 0 Å². The van der Waals surface area contributed by atoms with Crippen LogP contribution in [0.4, 0.5) is 0 Å². The Balaban J connectivity index is 1.47. The molecule has 0 aliphatic rings. The van der Waals surface area contributed by atoms with E-state index >= 15 is 0 Å². The zero-order valence-electron chi connectivity index (χ0n) is 22.0. The summed E-state index contributed by atoms with van der Waals surface area (Å²) in [6.45, 7) is 0. The summed E-state index contributed by atoms with van der Waals surface area (Å²) in [5.41, 5.74) is 7.50. The highest BCUT2D eigenvalue weighted by molar-refractivity contribution is 6.24. The van der Waals surface area contributed by atoms with E-state index in [1.54, 1.807) is 0 Å². The Kier molecular flexibility index (Phi) is 5.24. The average Bonchev–Trinajstić information content (AvgIpc) is 3.04. The molecule has 8 rings (SSSR count). The van der Waals surface area contributed by atoms with Gasteiger partial charge in [-0.1, -0.05) is 133 Å². The molecule has 8 aromatic carbocycles. The maximum absolute atomic E-state index is 2.41. The molecular weight excluding hydrogens is 480 g/mol. The van der Waals surface area contributed by atoms with Crippen LogP contribution in [0.25, 0.3) is 76.5 Å². The SMILES string of the molecule is c1ccc(-c2cc3c4ccc(-c5ccc6ccccc6c5)cc4c(-c4ccccc4)cc3c3ccccc23)cc1. The zero-order valence-corrected chi connectivity index (χ0v) is 22.0. The highest BCUT2D eigenvalue weighted by Gasteiger charge is 2.15. The van der Waals surface area contributed by atoms with Crippen molar-refractivity contribution in [2.75, 3.05) is 0 Å².